The van der Waals surface area contributed by atoms with Gasteiger partial charge in [0.25, 0.3) is 0 Å². The molecule has 1 fully saturated rings. The van der Waals surface area contributed by atoms with Crippen LogP contribution >= 0.6 is 0 Å². The second kappa shape index (κ2) is 4.61. The van der Waals surface area contributed by atoms with E-state index in [0.717, 1.165) is 30.8 Å². The molecule has 88 valence electrons. The molecule has 0 amide bonds. The van der Waals surface area contributed by atoms with Crippen molar-refractivity contribution < 1.29 is 4.21 Å². The van der Waals surface area contributed by atoms with E-state index in [1.165, 1.54) is 0 Å². The smallest absolute Gasteiger partial charge is 0.129 e. The maximum Gasteiger partial charge on any atom is 0.129 e. The minimum absolute atomic E-state index is 0.102. The topological polar surface area (TPSA) is 59.2 Å². The van der Waals surface area contributed by atoms with Gasteiger partial charge in [0, 0.05) is 31.0 Å². The lowest BCUT2D eigenvalue weighted by Crippen LogP contribution is -2.48. The summed E-state index contributed by atoms with van der Waals surface area (Å²) in [6, 6.07) is 3.66. The van der Waals surface area contributed by atoms with Crippen LogP contribution in [0.5, 0.6) is 0 Å². The summed E-state index contributed by atoms with van der Waals surface area (Å²) in [6.45, 7) is 3.63. The van der Waals surface area contributed by atoms with E-state index >= 15 is 0 Å². The fourth-order valence-corrected chi connectivity index (χ4v) is 2.92. The highest BCUT2D eigenvalue weighted by atomic mass is 32.2. The summed E-state index contributed by atoms with van der Waals surface area (Å²) in [5.74, 6) is 0. The summed E-state index contributed by atoms with van der Waals surface area (Å²) >= 11 is 0. The van der Waals surface area contributed by atoms with Crippen LogP contribution in [0.2, 0.25) is 0 Å². The largest absolute Gasteiger partial charge is 0.325 e. The van der Waals surface area contributed by atoms with Gasteiger partial charge >= 0.3 is 0 Å². The Hall–Kier alpha value is -0.780. The first-order valence-electron chi connectivity index (χ1n) is 5.44. The van der Waals surface area contributed by atoms with Crippen molar-refractivity contribution in [2.45, 2.75) is 30.2 Å². The molecule has 0 saturated carbocycles. The van der Waals surface area contributed by atoms with E-state index in [1.807, 2.05) is 16.4 Å². The quantitative estimate of drug-likeness (QED) is 0.835. The minimum Gasteiger partial charge on any atom is -0.325 e. The van der Waals surface area contributed by atoms with Crippen LogP contribution in [-0.2, 0) is 11.0 Å². The molecule has 0 aromatic carbocycles. The van der Waals surface area contributed by atoms with Crippen molar-refractivity contribution in [1.29, 1.82) is 0 Å². The van der Waals surface area contributed by atoms with Crippen molar-refractivity contribution in [2.75, 3.05) is 13.1 Å². The van der Waals surface area contributed by atoms with Crippen LogP contribution in [0.4, 0.5) is 0 Å². The van der Waals surface area contributed by atoms with E-state index in [-0.39, 0.29) is 5.54 Å². The van der Waals surface area contributed by atoms with E-state index in [2.05, 4.69) is 11.9 Å². The number of pyridine rings is 1. The predicted molar refractivity (Wildman–Crippen MR) is 64.0 cm³/mol. The molecule has 2 rings (SSSR count). The third-order valence-electron chi connectivity index (χ3n) is 2.94. The molecule has 1 aliphatic rings. The Bertz CT molecular complexity index is 370. The molecule has 2 heterocycles. The zero-order chi connectivity index (χ0) is 11.6. The van der Waals surface area contributed by atoms with Gasteiger partial charge in [0.1, 0.15) is 11.0 Å². The van der Waals surface area contributed by atoms with E-state index in [0.29, 0.717) is 0 Å². The van der Waals surface area contributed by atoms with Crippen molar-refractivity contribution in [1.82, 2.24) is 9.29 Å². The number of hydrogen-bond donors (Lipinski definition) is 1. The highest BCUT2D eigenvalue weighted by Crippen LogP contribution is 2.21. The number of piperidine rings is 1. The molecule has 0 aliphatic carbocycles. The monoisotopic (exact) mass is 239 g/mol. The average molecular weight is 239 g/mol. The van der Waals surface area contributed by atoms with E-state index in [1.54, 1.807) is 12.4 Å². The molecular weight excluding hydrogens is 222 g/mol. The van der Waals surface area contributed by atoms with E-state index in [4.69, 9.17) is 5.73 Å². The molecule has 2 N–H and O–H groups in total. The summed E-state index contributed by atoms with van der Waals surface area (Å²) in [6.07, 6.45) is 5.12. The van der Waals surface area contributed by atoms with Gasteiger partial charge in [-0.1, -0.05) is 0 Å². The first-order valence-corrected chi connectivity index (χ1v) is 6.55. The van der Waals surface area contributed by atoms with Gasteiger partial charge in [-0.2, -0.15) is 0 Å². The molecule has 1 unspecified atom stereocenters. The zero-order valence-electron chi connectivity index (χ0n) is 9.43. The van der Waals surface area contributed by atoms with Gasteiger partial charge in [-0.25, -0.2) is 8.51 Å². The van der Waals surface area contributed by atoms with Crippen molar-refractivity contribution in [3.05, 3.63) is 24.5 Å². The van der Waals surface area contributed by atoms with Crippen LogP contribution in [-0.4, -0.2) is 32.1 Å². The molecule has 1 aliphatic heterocycles. The van der Waals surface area contributed by atoms with Crippen molar-refractivity contribution in [2.24, 2.45) is 5.73 Å². The molecule has 1 saturated heterocycles. The van der Waals surface area contributed by atoms with Gasteiger partial charge in [0.2, 0.25) is 0 Å². The molecule has 16 heavy (non-hydrogen) atoms. The van der Waals surface area contributed by atoms with Crippen LogP contribution in [0.15, 0.2) is 29.4 Å². The van der Waals surface area contributed by atoms with Crippen LogP contribution in [0.1, 0.15) is 19.8 Å². The van der Waals surface area contributed by atoms with Gasteiger partial charge < -0.3 is 5.73 Å². The van der Waals surface area contributed by atoms with Crippen molar-refractivity contribution in [3.8, 4) is 0 Å². The van der Waals surface area contributed by atoms with Crippen LogP contribution in [0.25, 0.3) is 0 Å². The van der Waals surface area contributed by atoms with Crippen molar-refractivity contribution in [3.63, 3.8) is 0 Å². The summed E-state index contributed by atoms with van der Waals surface area (Å²) in [4.78, 5) is 4.75. The Labute approximate surface area is 98.4 Å². The molecular formula is C11H17N3OS. The Kier molecular flexibility index (Phi) is 3.37. The molecule has 0 radical (unpaired) electrons. The van der Waals surface area contributed by atoms with Gasteiger partial charge in [0.15, 0.2) is 0 Å². The lowest BCUT2D eigenvalue weighted by molar-refractivity contribution is 0.260. The highest BCUT2D eigenvalue weighted by molar-refractivity contribution is 7.82. The Morgan fingerprint density at radius 3 is 2.75 bits per heavy atom. The molecule has 5 heteroatoms. The summed E-state index contributed by atoms with van der Waals surface area (Å²) in [5.41, 5.74) is 5.94. The predicted octanol–water partition coefficient (Wildman–Crippen LogP) is 0.917. The number of nitrogens with zero attached hydrogens (tertiary/aromatic N) is 2. The van der Waals surface area contributed by atoms with Crippen LogP contribution in [0, 0.1) is 0 Å². The Morgan fingerprint density at radius 1 is 1.50 bits per heavy atom. The standard InChI is InChI=1S/C11H17N3OS/c1-11(12)4-7-14(8-5-11)16(15)10-3-2-6-13-9-10/h2-3,6,9H,4-5,7-8,12H2,1H3. The van der Waals surface area contributed by atoms with Crippen LogP contribution < -0.4 is 5.73 Å². The minimum atomic E-state index is -1.09. The summed E-state index contributed by atoms with van der Waals surface area (Å²) in [5, 5.41) is 0. The molecule has 1 aromatic rings. The number of rotatable bonds is 2. The third-order valence-corrected chi connectivity index (χ3v) is 4.41. The molecule has 4 nitrogen and oxygen atoms in total. The Morgan fingerprint density at radius 2 is 2.19 bits per heavy atom. The molecule has 0 spiro atoms. The lowest BCUT2D eigenvalue weighted by Gasteiger charge is -2.35. The Balaban J connectivity index is 2.03. The number of aromatic nitrogens is 1. The van der Waals surface area contributed by atoms with Crippen LogP contribution in [0.3, 0.4) is 0 Å². The second-order valence-electron chi connectivity index (χ2n) is 4.52. The maximum absolute atomic E-state index is 12.2. The number of hydrogen-bond acceptors (Lipinski definition) is 3. The van der Waals surface area contributed by atoms with Gasteiger partial charge in [-0.3, -0.25) is 4.98 Å². The normalized spacial score (nSPS) is 22.9. The highest BCUT2D eigenvalue weighted by Gasteiger charge is 2.28. The molecule has 1 atom stereocenters. The second-order valence-corrected chi connectivity index (χ2v) is 6.01. The first-order chi connectivity index (χ1) is 7.58. The lowest BCUT2D eigenvalue weighted by atomic mass is 9.92. The van der Waals surface area contributed by atoms with Gasteiger partial charge in [-0.05, 0) is 31.9 Å². The first kappa shape index (κ1) is 11.7. The maximum atomic E-state index is 12.2. The van der Waals surface area contributed by atoms with E-state index < -0.39 is 11.0 Å². The molecule has 1 aromatic heterocycles. The SMILES string of the molecule is CC1(N)CCN(S(=O)c2cccnc2)CC1. The fraction of sp³-hybridized carbons (Fsp3) is 0.545. The fourth-order valence-electron chi connectivity index (χ4n) is 1.76. The average Bonchev–Trinajstić information content (AvgIpc) is 2.29. The summed E-state index contributed by atoms with van der Waals surface area (Å²) < 4.78 is 14.1. The van der Waals surface area contributed by atoms with E-state index in [9.17, 15) is 4.21 Å². The van der Waals surface area contributed by atoms with Gasteiger partial charge in [0.05, 0.1) is 4.90 Å². The molecule has 0 bridgehead atoms. The zero-order valence-corrected chi connectivity index (χ0v) is 10.2. The van der Waals surface area contributed by atoms with Crippen molar-refractivity contribution >= 4 is 11.0 Å². The summed E-state index contributed by atoms with van der Waals surface area (Å²) in [7, 11) is -1.09. The third kappa shape index (κ3) is 2.66. The van der Waals surface area contributed by atoms with Gasteiger partial charge in [-0.15, -0.1) is 0 Å². The number of nitrogens with two attached hydrogens (primary N) is 1.